The molecule has 1 heterocycles. The predicted molar refractivity (Wildman–Crippen MR) is 317 cm³/mol. The average Bonchev–Trinajstić information content (AvgIpc) is 3.79. The van der Waals surface area contributed by atoms with Gasteiger partial charge in [-0.1, -0.05) is 64.3 Å². The molecule has 7 aromatic carbocycles. The van der Waals surface area contributed by atoms with Crippen molar-refractivity contribution in [3.8, 4) is 17.2 Å². The van der Waals surface area contributed by atoms with Crippen LogP contribution >= 0.6 is 46.1 Å². The Kier molecular flexibility index (Phi) is 27.3. The lowest BCUT2D eigenvalue weighted by Gasteiger charge is -2.11. The molecule has 0 fully saturated rings. The van der Waals surface area contributed by atoms with Gasteiger partial charge in [-0.2, -0.15) is 13.2 Å². The third kappa shape index (κ3) is 23.1. The number of aliphatic hydroxyl groups excluding tert-OH is 1. The number of aromatic nitrogens is 1. The summed E-state index contributed by atoms with van der Waals surface area (Å²) in [5.74, 6) is 0.672. The maximum atomic E-state index is 12.3. The smallest absolute Gasteiger partial charge is 0.418 e. The number of hydrogen-bond acceptors (Lipinski definition) is 14. The van der Waals surface area contributed by atoms with E-state index in [1.54, 1.807) is 86.9 Å². The maximum Gasteiger partial charge on any atom is 0.418 e. The number of hydrogen-bond donors (Lipinski definition) is 8. The number of nitrogens with zero attached hydrogens (tertiary/aromatic N) is 1. The number of ether oxygens (including phenoxy) is 1. The second-order valence-electron chi connectivity index (χ2n) is 17.8. The highest BCUT2D eigenvalue weighted by Crippen LogP contribution is 2.37. The molecule has 0 spiro atoms. The summed E-state index contributed by atoms with van der Waals surface area (Å²) in [5.41, 5.74) is 31.3. The second-order valence-corrected chi connectivity index (χ2v) is 20.0. The number of carbonyl (C=O) groups is 4. The molecule has 1 aromatic heterocycles. The highest BCUT2D eigenvalue weighted by Gasteiger charge is 2.33. The van der Waals surface area contributed by atoms with Gasteiger partial charge in [0.25, 0.3) is 0 Å². The topological polar surface area (TPSA) is 278 Å². The number of aromatic hydroxyl groups is 2. The highest BCUT2D eigenvalue weighted by molar-refractivity contribution is 7.16. The molecule has 8 rings (SSSR count). The van der Waals surface area contributed by atoms with E-state index in [2.05, 4.69) is 4.98 Å². The standard InChI is InChI=1S/C11H13NO3.C9H8O2.C8H7ClF3N.C8H7NO2S.C8H11NO.C7H7Cl2N.C7H9NO/c1-8-4-9(7-13)6-10(5-8)15-11(14)12(2)3;1-7-2-8(5-10)4-9(3-7)6-11;1-4-2-5(8(10,11)12)7(13)6(9)3-4;1-4-2-3-5(10)6-7(4)12-8(11)9-6;1-6-2-7(5-10)4-8(9)3-6;1-4-2-5(8)7(10)6(9)3-4;1-5-2-3-7(9)6(8)4-5/h4-7H,1-3H3;2-6H,1H3;2-3H,13H2,1H3;2-3,10H,1H3,(H,9,11);2-4,10H,5,9H2,1H3;2-3H,10H2,1H3;2-4,9H,8H2,1H3. The third-order valence-corrected chi connectivity index (χ3v) is 12.2. The van der Waals surface area contributed by atoms with Crippen molar-refractivity contribution in [1.29, 1.82) is 0 Å². The largest absolute Gasteiger partial charge is 0.506 e. The fourth-order valence-electron chi connectivity index (χ4n) is 6.58. The van der Waals surface area contributed by atoms with Crippen LogP contribution in [0.4, 0.5) is 40.7 Å². The first kappa shape index (κ1) is 68.0. The van der Waals surface area contributed by atoms with Crippen molar-refractivity contribution in [3.05, 3.63) is 201 Å². The molecule has 0 atom stereocenters. The van der Waals surface area contributed by atoms with E-state index in [4.69, 9.17) is 72.7 Å². The van der Waals surface area contributed by atoms with Crippen molar-refractivity contribution in [2.45, 2.75) is 61.2 Å². The van der Waals surface area contributed by atoms with E-state index >= 15 is 0 Å². The number of H-pyrrole nitrogens is 1. The number of amides is 1. The molecular weight excluding hydrogens is 1120 g/mol. The minimum Gasteiger partial charge on any atom is -0.506 e. The normalized spacial score (nSPS) is 10.1. The number of halogens is 6. The lowest BCUT2D eigenvalue weighted by atomic mass is 10.1. The van der Waals surface area contributed by atoms with Gasteiger partial charge >= 0.3 is 17.1 Å². The van der Waals surface area contributed by atoms with Crippen molar-refractivity contribution in [2.75, 3.05) is 37.0 Å². The van der Waals surface area contributed by atoms with E-state index in [-0.39, 0.29) is 28.0 Å². The number of aryl methyl sites for hydroxylation is 7. The van der Waals surface area contributed by atoms with Crippen LogP contribution in [0.15, 0.2) is 114 Å². The summed E-state index contributed by atoms with van der Waals surface area (Å²) in [5, 5.41) is 28.0. The number of aliphatic hydroxyl groups is 1. The van der Waals surface area contributed by atoms with Gasteiger partial charge in [-0.3, -0.25) is 19.2 Å². The summed E-state index contributed by atoms with van der Waals surface area (Å²) < 4.78 is 42.7. The van der Waals surface area contributed by atoms with Crippen LogP contribution in [-0.2, 0) is 12.8 Å². The molecule has 0 radical (unpaired) electrons. The van der Waals surface area contributed by atoms with Crippen LogP contribution in [0, 0.1) is 48.5 Å². The first-order valence-corrected chi connectivity index (χ1v) is 25.4. The van der Waals surface area contributed by atoms with Crippen molar-refractivity contribution >= 4 is 104 Å². The molecule has 80 heavy (non-hydrogen) atoms. The minimum absolute atomic E-state index is 0.0614. The Balaban J connectivity index is 0.000000321. The first-order valence-electron chi connectivity index (χ1n) is 23.5. The molecule has 0 aliphatic carbocycles. The average molecular weight is 1180 g/mol. The number of nitrogens with two attached hydrogens (primary N) is 4. The number of nitrogens with one attached hydrogen (secondary N) is 1. The number of thiazole rings is 1. The Morgan fingerprint density at radius 2 is 1.10 bits per heavy atom. The van der Waals surface area contributed by atoms with Gasteiger partial charge in [0.1, 0.15) is 41.6 Å². The molecule has 12 N–H and O–H groups in total. The molecule has 426 valence electrons. The van der Waals surface area contributed by atoms with Crippen LogP contribution in [-0.4, -0.2) is 64.3 Å². The number of benzene rings is 7. The maximum absolute atomic E-state index is 12.3. The summed E-state index contributed by atoms with van der Waals surface area (Å²) in [7, 11) is 3.19. The van der Waals surface area contributed by atoms with Gasteiger partial charge in [-0.15, -0.1) is 0 Å². The molecule has 0 saturated carbocycles. The van der Waals surface area contributed by atoms with Crippen LogP contribution in [0.1, 0.15) is 81.1 Å². The molecule has 8 aromatic rings. The fraction of sp³-hybridized carbons (Fsp3) is 0.190. The Morgan fingerprint density at radius 3 is 1.56 bits per heavy atom. The zero-order chi connectivity index (χ0) is 60.8. The van der Waals surface area contributed by atoms with E-state index in [9.17, 15) is 42.3 Å². The predicted octanol–water partition coefficient (Wildman–Crippen LogP) is 13.6. The van der Waals surface area contributed by atoms with Crippen LogP contribution < -0.4 is 32.5 Å². The number of phenolic OH excluding ortho intramolecular Hbond substituents is 2. The summed E-state index contributed by atoms with van der Waals surface area (Å²) in [6, 6.07) is 30.0. The second kappa shape index (κ2) is 32.1. The van der Waals surface area contributed by atoms with Crippen LogP contribution in [0.25, 0.3) is 10.2 Å². The lowest BCUT2D eigenvalue weighted by molar-refractivity contribution is -0.137. The van der Waals surface area contributed by atoms with Gasteiger partial charge in [-0.25, -0.2) is 4.79 Å². The van der Waals surface area contributed by atoms with Gasteiger partial charge in [-0.05, 0) is 184 Å². The molecule has 0 bridgehead atoms. The summed E-state index contributed by atoms with van der Waals surface area (Å²) >= 11 is 18.0. The zero-order valence-corrected chi connectivity index (χ0v) is 48.1. The molecule has 0 unspecified atom stereocenters. The molecule has 22 heteroatoms. The first-order chi connectivity index (χ1) is 37.3. The van der Waals surface area contributed by atoms with E-state index < -0.39 is 23.5 Å². The van der Waals surface area contributed by atoms with Gasteiger partial charge in [0.2, 0.25) is 0 Å². The van der Waals surface area contributed by atoms with E-state index in [1.807, 2.05) is 59.7 Å². The molecule has 1 amide bonds. The number of aldehydes is 3. The number of phenols is 2. The van der Waals surface area contributed by atoms with Crippen molar-refractivity contribution < 1.29 is 52.4 Å². The van der Waals surface area contributed by atoms with Crippen LogP contribution in [0.2, 0.25) is 15.1 Å². The molecule has 15 nitrogen and oxygen atoms in total. The molecule has 0 saturated heterocycles. The van der Waals surface area contributed by atoms with Crippen molar-refractivity contribution in [1.82, 2.24) is 9.88 Å². The van der Waals surface area contributed by atoms with Crippen molar-refractivity contribution in [3.63, 3.8) is 0 Å². The summed E-state index contributed by atoms with van der Waals surface area (Å²) in [6.45, 7) is 13.0. The van der Waals surface area contributed by atoms with Crippen LogP contribution in [0.5, 0.6) is 17.2 Å². The summed E-state index contributed by atoms with van der Waals surface area (Å²) in [4.78, 5) is 57.2. The summed E-state index contributed by atoms with van der Waals surface area (Å²) in [6.07, 6.45) is -2.71. The Labute approximate surface area is 480 Å². The molecule has 0 aliphatic rings. The number of rotatable bonds is 5. The van der Waals surface area contributed by atoms with E-state index in [0.29, 0.717) is 60.6 Å². The van der Waals surface area contributed by atoms with Gasteiger partial charge in [0.15, 0.2) is 0 Å². The quantitative estimate of drug-likeness (QED) is 0.0453. The number of carbonyl (C=O) groups excluding carboxylic acids is 4. The number of nitrogen functional groups attached to an aromatic ring is 4. The monoisotopic (exact) mass is 1180 g/mol. The van der Waals surface area contributed by atoms with E-state index in [1.165, 1.54) is 24.0 Å². The van der Waals surface area contributed by atoms with Crippen LogP contribution in [0.3, 0.4) is 0 Å². The highest BCUT2D eigenvalue weighted by atomic mass is 35.5. The van der Waals surface area contributed by atoms with E-state index in [0.717, 1.165) is 79.9 Å². The number of aromatic amines is 1. The number of alkyl halides is 3. The van der Waals surface area contributed by atoms with Gasteiger partial charge < -0.3 is 52.9 Å². The Hall–Kier alpha value is -8.07. The molecule has 0 aliphatic heterocycles. The van der Waals surface area contributed by atoms with Gasteiger partial charge in [0.05, 0.1) is 49.0 Å². The molecular formula is C58H62Cl3F3N6O9S. The van der Waals surface area contributed by atoms with Crippen molar-refractivity contribution in [2.24, 2.45) is 0 Å². The zero-order valence-electron chi connectivity index (χ0n) is 45.1. The minimum atomic E-state index is -4.44. The Bertz CT molecular complexity index is 3370. The Morgan fingerprint density at radius 1 is 0.625 bits per heavy atom. The lowest BCUT2D eigenvalue weighted by Crippen LogP contribution is -2.25. The third-order valence-electron chi connectivity index (χ3n) is 10.3. The number of anilines is 4. The SMILES string of the molecule is Cc1cc(C=O)cc(C=O)c1.Cc1cc(C=O)cc(OC(=O)N(C)C)c1.Cc1cc(Cl)c(N)c(C(F)(F)F)c1.Cc1cc(Cl)c(N)c(Cl)c1.Cc1cc(N)cc(CO)c1.Cc1ccc(O)c(N)c1.Cc1ccc(O)c2[nH]c(=O)sc12. The number of fused-ring (bicyclic) bond motifs is 1. The van der Waals surface area contributed by atoms with Gasteiger partial charge in [0, 0.05) is 36.5 Å². The fourth-order valence-corrected chi connectivity index (χ4v) is 8.28.